The Morgan fingerprint density at radius 2 is 1.56 bits per heavy atom. The molecule has 0 unspecified atom stereocenters. The number of unbranched alkanes of at least 4 members (excludes halogenated alkanes) is 1. The van der Waals surface area contributed by atoms with E-state index in [-0.39, 0.29) is 18.5 Å². The van der Waals surface area contributed by atoms with E-state index in [1.807, 2.05) is 54.3 Å². The van der Waals surface area contributed by atoms with Crippen molar-refractivity contribution < 1.29 is 19.1 Å². The van der Waals surface area contributed by atoms with Crippen LogP contribution >= 0.6 is 0 Å². The number of amides is 1. The van der Waals surface area contributed by atoms with Gasteiger partial charge in [0.1, 0.15) is 5.75 Å². The molecule has 1 amide bonds. The van der Waals surface area contributed by atoms with Crippen molar-refractivity contribution in [2.45, 2.75) is 46.6 Å². The van der Waals surface area contributed by atoms with E-state index in [0.717, 1.165) is 40.8 Å². The van der Waals surface area contributed by atoms with E-state index < -0.39 is 0 Å². The van der Waals surface area contributed by atoms with Crippen molar-refractivity contribution in [1.82, 2.24) is 0 Å². The quantitative estimate of drug-likeness (QED) is 0.315. The van der Waals surface area contributed by atoms with E-state index in [0.29, 0.717) is 25.3 Å². The number of aryl methyl sites for hydroxylation is 1. The van der Waals surface area contributed by atoms with Gasteiger partial charge in [0.25, 0.3) is 0 Å². The molecular formula is C29H33NO4. The van der Waals surface area contributed by atoms with E-state index in [4.69, 9.17) is 9.47 Å². The topological polar surface area (TPSA) is 55.8 Å². The molecule has 0 spiro atoms. The summed E-state index contributed by atoms with van der Waals surface area (Å²) in [4.78, 5) is 26.3. The second-order valence-corrected chi connectivity index (χ2v) is 8.24. The molecule has 5 nitrogen and oxygen atoms in total. The summed E-state index contributed by atoms with van der Waals surface area (Å²) in [6, 6.07) is 24.0. The van der Waals surface area contributed by atoms with Gasteiger partial charge in [-0.15, -0.1) is 0 Å². The number of ether oxygens (including phenoxy) is 2. The zero-order valence-corrected chi connectivity index (χ0v) is 20.3. The summed E-state index contributed by atoms with van der Waals surface area (Å²) in [5.74, 6) is 0.387. The first-order valence-electron chi connectivity index (χ1n) is 11.8. The van der Waals surface area contributed by atoms with Gasteiger partial charge in [0.05, 0.1) is 13.2 Å². The molecule has 0 N–H and O–H groups in total. The normalized spacial score (nSPS) is 10.6. The Hall–Kier alpha value is -3.60. The summed E-state index contributed by atoms with van der Waals surface area (Å²) in [6.07, 6.45) is 2.43. The number of esters is 1. The van der Waals surface area contributed by atoms with Crippen molar-refractivity contribution >= 4 is 17.6 Å². The Balaban J connectivity index is 1.69. The molecule has 0 bridgehead atoms. The number of anilines is 1. The molecule has 0 radical (unpaired) electrons. The van der Waals surface area contributed by atoms with E-state index in [2.05, 4.69) is 37.3 Å². The lowest BCUT2D eigenvalue weighted by Gasteiger charge is -2.24. The van der Waals surface area contributed by atoms with Crippen LogP contribution in [0.25, 0.3) is 11.1 Å². The molecule has 3 aromatic rings. The molecule has 0 aliphatic carbocycles. The zero-order chi connectivity index (χ0) is 24.3. The van der Waals surface area contributed by atoms with Crippen LogP contribution in [0.2, 0.25) is 0 Å². The van der Waals surface area contributed by atoms with Gasteiger partial charge in [-0.05, 0) is 66.8 Å². The Bertz CT molecular complexity index is 1070. The highest BCUT2D eigenvalue weighted by atomic mass is 16.6. The Morgan fingerprint density at radius 3 is 2.18 bits per heavy atom. The van der Waals surface area contributed by atoms with Crippen LogP contribution in [0.1, 0.15) is 44.2 Å². The molecule has 0 aliphatic rings. The lowest BCUT2D eigenvalue weighted by Crippen LogP contribution is -2.30. The smallest absolute Gasteiger partial charge is 0.344 e. The second kappa shape index (κ2) is 12.6. The average molecular weight is 460 g/mol. The highest BCUT2D eigenvalue weighted by Gasteiger charge is 2.16. The van der Waals surface area contributed by atoms with E-state index in [9.17, 15) is 9.59 Å². The Morgan fingerprint density at radius 1 is 0.882 bits per heavy atom. The summed E-state index contributed by atoms with van der Waals surface area (Å²) in [7, 11) is 0. The summed E-state index contributed by atoms with van der Waals surface area (Å²) < 4.78 is 10.3. The van der Waals surface area contributed by atoms with Crippen LogP contribution in [0.3, 0.4) is 0 Å². The second-order valence-electron chi connectivity index (χ2n) is 8.24. The van der Waals surface area contributed by atoms with Crippen molar-refractivity contribution in [1.29, 1.82) is 0 Å². The largest absolute Gasteiger partial charge is 0.482 e. The van der Waals surface area contributed by atoms with Gasteiger partial charge in [-0.25, -0.2) is 4.79 Å². The monoisotopic (exact) mass is 459 g/mol. The van der Waals surface area contributed by atoms with Crippen molar-refractivity contribution in [3.63, 3.8) is 0 Å². The Kier molecular flexibility index (Phi) is 9.27. The van der Waals surface area contributed by atoms with E-state index in [1.54, 1.807) is 6.92 Å². The standard InChI is InChI=1S/C29H33NO4/c1-4-6-10-28(31)30(26-9-7-8-22(3)19-26)20-23-11-13-24(14-12-23)25-15-17-27(18-16-25)34-21-29(32)33-5-2/h7-9,11-19H,4-6,10,20-21H2,1-3H3. The fourth-order valence-electron chi connectivity index (χ4n) is 3.66. The number of carbonyl (C=O) groups excluding carboxylic acids is 2. The minimum absolute atomic E-state index is 0.101. The zero-order valence-electron chi connectivity index (χ0n) is 20.3. The van der Waals surface area contributed by atoms with Crippen LogP contribution in [0.15, 0.2) is 72.8 Å². The number of nitrogens with zero attached hydrogens (tertiary/aromatic N) is 1. The van der Waals surface area contributed by atoms with Gasteiger partial charge in [-0.1, -0.05) is 61.9 Å². The number of hydrogen-bond donors (Lipinski definition) is 0. The van der Waals surface area contributed by atoms with Gasteiger partial charge in [-0.2, -0.15) is 0 Å². The molecule has 0 saturated carbocycles. The molecule has 0 heterocycles. The van der Waals surface area contributed by atoms with Crippen molar-refractivity contribution in [2.24, 2.45) is 0 Å². The van der Waals surface area contributed by atoms with Crippen molar-refractivity contribution in [3.8, 4) is 16.9 Å². The minimum Gasteiger partial charge on any atom is -0.482 e. The first kappa shape index (κ1) is 25.0. The predicted octanol–water partition coefficient (Wildman–Crippen LogP) is 6.33. The fourth-order valence-corrected chi connectivity index (χ4v) is 3.66. The van der Waals surface area contributed by atoms with Gasteiger partial charge in [0, 0.05) is 12.1 Å². The number of benzene rings is 3. The molecule has 5 heteroatoms. The third-order valence-electron chi connectivity index (χ3n) is 5.50. The molecule has 3 rings (SSSR count). The number of carbonyl (C=O) groups is 2. The van der Waals surface area contributed by atoms with Crippen LogP contribution < -0.4 is 9.64 Å². The van der Waals surface area contributed by atoms with Crippen LogP contribution in [-0.2, 0) is 20.9 Å². The molecule has 0 aromatic heterocycles. The van der Waals surface area contributed by atoms with E-state index >= 15 is 0 Å². The highest BCUT2D eigenvalue weighted by molar-refractivity contribution is 5.93. The lowest BCUT2D eigenvalue weighted by molar-refractivity contribution is -0.145. The van der Waals surface area contributed by atoms with Gasteiger partial charge in [-0.3, -0.25) is 4.79 Å². The SMILES string of the molecule is CCCCC(=O)N(Cc1ccc(-c2ccc(OCC(=O)OCC)cc2)cc1)c1cccc(C)c1. The molecular weight excluding hydrogens is 426 g/mol. The van der Waals surface area contributed by atoms with Crippen LogP contribution in [0, 0.1) is 6.92 Å². The summed E-state index contributed by atoms with van der Waals surface area (Å²) in [5, 5.41) is 0. The molecule has 0 fully saturated rings. The van der Waals surface area contributed by atoms with Crippen LogP contribution in [-0.4, -0.2) is 25.1 Å². The molecule has 0 aliphatic heterocycles. The first-order valence-corrected chi connectivity index (χ1v) is 11.8. The summed E-state index contributed by atoms with van der Waals surface area (Å²) in [6.45, 7) is 6.68. The van der Waals surface area contributed by atoms with Crippen LogP contribution in [0.4, 0.5) is 5.69 Å². The Labute approximate surface area is 202 Å². The molecule has 34 heavy (non-hydrogen) atoms. The molecule has 0 atom stereocenters. The van der Waals surface area contributed by atoms with Gasteiger partial charge >= 0.3 is 5.97 Å². The lowest BCUT2D eigenvalue weighted by atomic mass is 10.0. The van der Waals surface area contributed by atoms with Gasteiger partial charge in [0.15, 0.2) is 6.61 Å². The van der Waals surface area contributed by atoms with Crippen molar-refractivity contribution in [2.75, 3.05) is 18.1 Å². The maximum atomic E-state index is 13.0. The number of rotatable bonds is 11. The van der Waals surface area contributed by atoms with Crippen molar-refractivity contribution in [3.05, 3.63) is 83.9 Å². The summed E-state index contributed by atoms with van der Waals surface area (Å²) in [5.41, 5.74) is 5.26. The number of hydrogen-bond acceptors (Lipinski definition) is 4. The van der Waals surface area contributed by atoms with Gasteiger partial charge in [0.2, 0.25) is 5.91 Å². The average Bonchev–Trinajstić information content (AvgIpc) is 2.85. The predicted molar refractivity (Wildman–Crippen MR) is 136 cm³/mol. The van der Waals surface area contributed by atoms with E-state index in [1.165, 1.54) is 0 Å². The highest BCUT2D eigenvalue weighted by Crippen LogP contribution is 2.25. The minimum atomic E-state index is -0.380. The third kappa shape index (κ3) is 7.20. The van der Waals surface area contributed by atoms with Gasteiger partial charge < -0.3 is 14.4 Å². The maximum absolute atomic E-state index is 13.0. The first-order chi connectivity index (χ1) is 16.5. The maximum Gasteiger partial charge on any atom is 0.344 e. The summed E-state index contributed by atoms with van der Waals surface area (Å²) >= 11 is 0. The third-order valence-corrected chi connectivity index (χ3v) is 5.50. The molecule has 3 aromatic carbocycles. The molecule has 0 saturated heterocycles. The molecule has 178 valence electrons. The van der Waals surface area contributed by atoms with Crippen LogP contribution in [0.5, 0.6) is 5.75 Å². The fraction of sp³-hybridized carbons (Fsp3) is 0.310.